The molecule has 0 fully saturated rings. The molecule has 5 aromatic rings. The van der Waals surface area contributed by atoms with E-state index in [1.54, 1.807) is 12.1 Å². The SMILES string of the molecule is CS(=O)(=O)NCc1csc2c1S(=O)(=O)N=C(c1c(O)c3c4ccc(o4)c3n(Cc3ccccc3)c1=O)N2. The van der Waals surface area contributed by atoms with Gasteiger partial charge in [-0.05, 0) is 23.1 Å². The van der Waals surface area contributed by atoms with Gasteiger partial charge in [-0.25, -0.2) is 13.1 Å². The molecule has 37 heavy (non-hydrogen) atoms. The number of benzene rings is 2. The summed E-state index contributed by atoms with van der Waals surface area (Å²) >= 11 is 1.02. The van der Waals surface area contributed by atoms with Gasteiger partial charge >= 0.3 is 0 Å². The van der Waals surface area contributed by atoms with Crippen LogP contribution in [0.5, 0.6) is 5.75 Å². The van der Waals surface area contributed by atoms with Crippen LogP contribution < -0.4 is 15.6 Å². The predicted molar refractivity (Wildman–Crippen MR) is 140 cm³/mol. The standard InChI is InChI=1S/C23H18N4O7S3/c1-36(30,31)24-9-13-11-35-22-20(13)37(32,33)26-21(25-22)17-19(28)16-14-7-8-15(34-14)18(16)27(23(17)29)10-12-5-3-2-4-6-12/h2-8,11,24,28H,9-10H2,1H3,(H,25,26). The van der Waals surface area contributed by atoms with Crippen molar-refractivity contribution in [2.75, 3.05) is 11.6 Å². The van der Waals surface area contributed by atoms with Crippen LogP contribution in [-0.2, 0) is 33.1 Å². The van der Waals surface area contributed by atoms with E-state index in [1.165, 1.54) is 9.95 Å². The highest BCUT2D eigenvalue weighted by Crippen LogP contribution is 2.41. The lowest BCUT2D eigenvalue weighted by atomic mass is 10.1. The molecule has 0 radical (unpaired) electrons. The van der Waals surface area contributed by atoms with Crippen LogP contribution in [0.2, 0.25) is 0 Å². The van der Waals surface area contributed by atoms with E-state index in [2.05, 4.69) is 14.4 Å². The highest BCUT2D eigenvalue weighted by atomic mass is 32.2. The van der Waals surface area contributed by atoms with E-state index in [0.29, 0.717) is 16.7 Å². The summed E-state index contributed by atoms with van der Waals surface area (Å²) in [6, 6.07) is 12.6. The lowest BCUT2D eigenvalue weighted by Gasteiger charge is -2.19. The minimum Gasteiger partial charge on any atom is -0.506 e. The number of hydrogen-bond donors (Lipinski definition) is 3. The average molecular weight is 559 g/mol. The highest BCUT2D eigenvalue weighted by Gasteiger charge is 2.34. The van der Waals surface area contributed by atoms with Gasteiger partial charge < -0.3 is 14.8 Å². The Morgan fingerprint density at radius 1 is 1.16 bits per heavy atom. The number of pyridine rings is 1. The minimum absolute atomic E-state index is 0.148. The fourth-order valence-electron chi connectivity index (χ4n) is 4.42. The molecule has 3 N–H and O–H groups in total. The molecule has 0 spiro atoms. The Kier molecular flexibility index (Phi) is 5.21. The average Bonchev–Trinajstić information content (AvgIpc) is 3.55. The summed E-state index contributed by atoms with van der Waals surface area (Å²) in [5.74, 6) is -0.777. The maximum absolute atomic E-state index is 13.8. The number of amidine groups is 1. The van der Waals surface area contributed by atoms with Gasteiger partial charge in [-0.2, -0.15) is 8.42 Å². The third-order valence-corrected chi connectivity index (χ3v) is 9.14. The number of hydrogen-bond acceptors (Lipinski definition) is 9. The summed E-state index contributed by atoms with van der Waals surface area (Å²) in [6.07, 6.45) is 0.966. The van der Waals surface area contributed by atoms with Crippen molar-refractivity contribution in [2.24, 2.45) is 4.40 Å². The first kappa shape index (κ1) is 23.7. The first-order valence-electron chi connectivity index (χ1n) is 10.8. The third-order valence-electron chi connectivity index (χ3n) is 5.99. The van der Waals surface area contributed by atoms with E-state index in [9.17, 15) is 26.7 Å². The van der Waals surface area contributed by atoms with Crippen LogP contribution >= 0.6 is 11.3 Å². The number of nitrogens with zero attached hydrogens (tertiary/aromatic N) is 2. The molecular weight excluding hydrogens is 540 g/mol. The Bertz CT molecular complexity index is 2000. The predicted octanol–water partition coefficient (Wildman–Crippen LogP) is 2.61. The van der Waals surface area contributed by atoms with Crippen molar-refractivity contribution in [3.05, 3.63) is 74.9 Å². The normalized spacial score (nSPS) is 15.1. The fourth-order valence-corrected chi connectivity index (χ4v) is 7.44. The molecule has 6 rings (SSSR count). The van der Waals surface area contributed by atoms with Gasteiger partial charge in [-0.1, -0.05) is 30.3 Å². The van der Waals surface area contributed by atoms with Gasteiger partial charge in [0.1, 0.15) is 32.3 Å². The molecule has 1 aliphatic rings. The first-order chi connectivity index (χ1) is 17.5. The van der Waals surface area contributed by atoms with Crippen molar-refractivity contribution in [1.29, 1.82) is 0 Å². The summed E-state index contributed by atoms with van der Waals surface area (Å²) in [5.41, 5.74) is 1.21. The van der Waals surface area contributed by atoms with E-state index in [4.69, 9.17) is 4.42 Å². The van der Waals surface area contributed by atoms with E-state index in [-0.39, 0.29) is 45.3 Å². The maximum atomic E-state index is 13.8. The number of fused-ring (bicyclic) bond motifs is 6. The van der Waals surface area contributed by atoms with E-state index >= 15 is 0 Å². The number of thiophene rings is 1. The molecule has 5 heterocycles. The molecule has 0 amide bonds. The third kappa shape index (κ3) is 3.89. The van der Waals surface area contributed by atoms with Crippen molar-refractivity contribution >= 4 is 64.3 Å². The first-order valence-corrected chi connectivity index (χ1v) is 15.1. The lowest BCUT2D eigenvalue weighted by molar-refractivity contribution is 0.478. The zero-order chi connectivity index (χ0) is 26.1. The Hall–Kier alpha value is -3.72. The van der Waals surface area contributed by atoms with Gasteiger partial charge in [0.05, 0.1) is 18.2 Å². The van der Waals surface area contributed by atoms with E-state index < -0.39 is 31.4 Å². The molecule has 0 unspecified atom stereocenters. The van der Waals surface area contributed by atoms with Crippen LogP contribution in [0.15, 0.2) is 66.3 Å². The van der Waals surface area contributed by atoms with Crippen LogP contribution in [0.4, 0.5) is 5.00 Å². The highest BCUT2D eigenvalue weighted by molar-refractivity contribution is 7.91. The topological polar surface area (TPSA) is 160 Å². The van der Waals surface area contributed by atoms with Crippen molar-refractivity contribution in [2.45, 2.75) is 18.0 Å². The van der Waals surface area contributed by atoms with Gasteiger partial charge in [0.15, 0.2) is 11.4 Å². The molecule has 0 aliphatic carbocycles. The van der Waals surface area contributed by atoms with Gasteiger partial charge in [-0.15, -0.1) is 15.7 Å². The summed E-state index contributed by atoms with van der Waals surface area (Å²) in [7, 11) is -7.90. The molecule has 0 saturated carbocycles. The Balaban J connectivity index is 1.53. The number of rotatable bonds is 6. The number of sulfonamides is 2. The zero-order valence-electron chi connectivity index (χ0n) is 19.0. The van der Waals surface area contributed by atoms with Crippen molar-refractivity contribution in [1.82, 2.24) is 9.29 Å². The maximum Gasteiger partial charge on any atom is 0.287 e. The molecule has 4 aromatic heterocycles. The van der Waals surface area contributed by atoms with Gasteiger partial charge in [0, 0.05) is 12.1 Å². The minimum atomic E-state index is -4.34. The van der Waals surface area contributed by atoms with Crippen LogP contribution in [0.1, 0.15) is 16.7 Å². The largest absolute Gasteiger partial charge is 0.506 e. The fraction of sp³-hybridized carbons (Fsp3) is 0.130. The second-order valence-electron chi connectivity index (χ2n) is 8.54. The van der Waals surface area contributed by atoms with Crippen LogP contribution in [0, 0.1) is 0 Å². The van der Waals surface area contributed by atoms with Crippen molar-refractivity contribution < 1.29 is 26.4 Å². The van der Waals surface area contributed by atoms with E-state index in [0.717, 1.165) is 23.2 Å². The summed E-state index contributed by atoms with van der Waals surface area (Å²) in [5, 5.41) is 16.0. The van der Waals surface area contributed by atoms with Crippen molar-refractivity contribution in [3.63, 3.8) is 0 Å². The van der Waals surface area contributed by atoms with Gasteiger partial charge in [0.2, 0.25) is 10.0 Å². The molecule has 1 aromatic carbocycles. The molecule has 1 aliphatic heterocycles. The Morgan fingerprint density at radius 2 is 1.89 bits per heavy atom. The van der Waals surface area contributed by atoms with Gasteiger partial charge in [-0.3, -0.25) is 9.36 Å². The molecule has 0 atom stereocenters. The lowest BCUT2D eigenvalue weighted by Crippen LogP contribution is -2.32. The molecule has 2 bridgehead atoms. The summed E-state index contributed by atoms with van der Waals surface area (Å²) < 4.78 is 62.6. The summed E-state index contributed by atoms with van der Waals surface area (Å²) in [4.78, 5) is 13.6. The number of aromatic hydroxyl groups is 1. The molecule has 14 heteroatoms. The van der Waals surface area contributed by atoms with Crippen molar-refractivity contribution in [3.8, 4) is 5.75 Å². The number of nitrogens with one attached hydrogen (secondary N) is 2. The Labute approximate surface area is 214 Å². The van der Waals surface area contributed by atoms with E-state index in [1.807, 2.05) is 30.3 Å². The van der Waals surface area contributed by atoms with Crippen LogP contribution in [0.25, 0.3) is 22.1 Å². The van der Waals surface area contributed by atoms with Crippen LogP contribution in [0.3, 0.4) is 0 Å². The molecule has 0 saturated heterocycles. The molecule has 11 nitrogen and oxygen atoms in total. The quantitative estimate of drug-likeness (QED) is 0.287. The van der Waals surface area contributed by atoms with Gasteiger partial charge in [0.25, 0.3) is 15.6 Å². The number of furan rings is 2. The molecule has 190 valence electrons. The second-order valence-corrected chi connectivity index (χ2v) is 12.8. The monoisotopic (exact) mass is 558 g/mol. The smallest absolute Gasteiger partial charge is 0.287 e. The second kappa shape index (κ2) is 8.14. The summed E-state index contributed by atoms with van der Waals surface area (Å²) in [6.45, 7) is -0.0974. The van der Waals surface area contributed by atoms with Crippen LogP contribution in [-0.4, -0.2) is 38.6 Å². The number of aromatic nitrogens is 1. The zero-order valence-corrected chi connectivity index (χ0v) is 21.5. The number of anilines is 1. The Morgan fingerprint density at radius 3 is 2.62 bits per heavy atom. The molecular formula is C23H18N4O7S3.